The number of hydrazone groups is 1. The fourth-order valence-electron chi connectivity index (χ4n) is 5.41. The molecule has 0 atom stereocenters. The average Bonchev–Trinajstić information content (AvgIpc) is 3.66. The Morgan fingerprint density at radius 3 is 1.90 bits per heavy atom. The van der Waals surface area contributed by atoms with E-state index in [-0.39, 0.29) is 25.6 Å². The Labute approximate surface area is 346 Å². The molecular weight excluding hydrogens is 775 g/mol. The Bertz CT molecular complexity index is 2250. The van der Waals surface area contributed by atoms with Crippen molar-refractivity contribution in [2.75, 3.05) is 38.5 Å². The van der Waals surface area contributed by atoms with Crippen LogP contribution in [0.5, 0.6) is 17.2 Å². The fraction of sp³-hybridized carbons (Fsp3) is 0.244. The van der Waals surface area contributed by atoms with E-state index in [4.69, 9.17) is 28.4 Å². The van der Waals surface area contributed by atoms with Crippen LogP contribution in [0.2, 0.25) is 0 Å². The number of carbonyl (C=O) groups is 4. The third-order valence-corrected chi connectivity index (χ3v) is 9.31. The summed E-state index contributed by atoms with van der Waals surface area (Å²) in [7, 11) is 0. The van der Waals surface area contributed by atoms with E-state index >= 15 is 0 Å². The van der Waals surface area contributed by atoms with E-state index in [0.717, 1.165) is 40.8 Å². The second-order valence-corrected chi connectivity index (χ2v) is 13.8. The highest BCUT2D eigenvalue weighted by Crippen LogP contribution is 2.28. The topological polar surface area (TPSA) is 161 Å². The van der Waals surface area contributed by atoms with Gasteiger partial charge in [0.05, 0.1) is 60.6 Å². The van der Waals surface area contributed by atoms with E-state index in [1.807, 2.05) is 6.07 Å². The van der Waals surface area contributed by atoms with Crippen molar-refractivity contribution in [3.8, 4) is 17.2 Å². The molecule has 0 unspecified atom stereocenters. The highest BCUT2D eigenvalue weighted by Gasteiger charge is 2.14. The van der Waals surface area contributed by atoms with Gasteiger partial charge in [0.25, 0.3) is 0 Å². The lowest BCUT2D eigenvalue weighted by atomic mass is 10.1. The minimum absolute atomic E-state index is 0.0919. The number of thiazole rings is 1. The quantitative estimate of drug-likeness (QED) is 0.0128. The largest absolute Gasteiger partial charge is 0.493 e. The number of nitrogens with one attached hydrogen (secondary N) is 1. The Hall–Kier alpha value is -6.80. The zero-order valence-electron chi connectivity index (χ0n) is 32.7. The molecule has 13 nitrogen and oxygen atoms in total. The van der Waals surface area contributed by atoms with E-state index in [2.05, 4.69) is 53.8 Å². The summed E-state index contributed by atoms with van der Waals surface area (Å²) in [5, 5.41) is 5.03. The van der Waals surface area contributed by atoms with E-state index in [0.29, 0.717) is 65.8 Å². The number of aromatic nitrogens is 1. The summed E-state index contributed by atoms with van der Waals surface area (Å²) >= 11 is 1.48. The molecule has 59 heavy (non-hydrogen) atoms. The standard InChI is InChI=1S/C45H45N3O10S/c1-4-9-31-11-21-40-38(29-31)47-45(59-40)48-46-30-35-28-32(22-27-57-43(51)33-12-16-36(17-13-33)53-23-7-25-55-41(49)5-2)10-20-39(35)58-44(52)34-14-18-37(19-15-34)54-24-8-26-56-42(50)6-3/h5-6,10-21,28-30H,2-4,7-9,22-27H2,1H3,(H,47,48)/b46-30+. The molecule has 14 heteroatoms. The lowest BCUT2D eigenvalue weighted by molar-refractivity contribution is -0.138. The van der Waals surface area contributed by atoms with Crippen LogP contribution in [0.4, 0.5) is 5.13 Å². The molecule has 0 aliphatic heterocycles. The summed E-state index contributed by atoms with van der Waals surface area (Å²) in [6.07, 6.45) is 7.15. The number of carbonyl (C=O) groups excluding carboxylic acids is 4. The van der Waals surface area contributed by atoms with Gasteiger partial charge in [-0.1, -0.05) is 50.0 Å². The zero-order chi connectivity index (χ0) is 41.8. The number of nitrogens with zero attached hydrogens (tertiary/aromatic N) is 2. The van der Waals surface area contributed by atoms with Gasteiger partial charge in [0.1, 0.15) is 17.2 Å². The first-order chi connectivity index (χ1) is 28.7. The monoisotopic (exact) mass is 819 g/mol. The first kappa shape index (κ1) is 43.3. The van der Waals surface area contributed by atoms with Crippen LogP contribution < -0.4 is 19.6 Å². The molecule has 5 rings (SSSR count). The van der Waals surface area contributed by atoms with Gasteiger partial charge < -0.3 is 28.4 Å². The van der Waals surface area contributed by atoms with Gasteiger partial charge in [-0.15, -0.1) is 0 Å². The molecule has 0 bridgehead atoms. The van der Waals surface area contributed by atoms with E-state index in [9.17, 15) is 19.2 Å². The molecule has 0 aliphatic carbocycles. The lowest BCUT2D eigenvalue weighted by Crippen LogP contribution is -2.11. The SMILES string of the molecule is C=CC(=O)OCCCOc1ccc(C(=O)OCCc2ccc(OC(=O)c3ccc(OCCCOC(=O)C=C)cc3)c(/C=N/Nc3nc4cc(CCC)ccc4s3)c2)cc1. The number of hydrogen-bond donors (Lipinski definition) is 1. The van der Waals surface area contributed by atoms with Gasteiger partial charge in [0.2, 0.25) is 5.13 Å². The van der Waals surface area contributed by atoms with Crippen LogP contribution in [0.3, 0.4) is 0 Å². The summed E-state index contributed by atoms with van der Waals surface area (Å²) in [4.78, 5) is 53.1. The smallest absolute Gasteiger partial charge is 0.343 e. The number of rotatable bonds is 23. The van der Waals surface area contributed by atoms with Crippen LogP contribution in [-0.2, 0) is 36.6 Å². The molecule has 0 spiro atoms. The van der Waals surface area contributed by atoms with Crippen LogP contribution in [-0.4, -0.2) is 68.1 Å². The highest BCUT2D eigenvalue weighted by molar-refractivity contribution is 7.22. The minimum atomic E-state index is -0.586. The summed E-state index contributed by atoms with van der Waals surface area (Å²) in [5.41, 5.74) is 7.10. The molecular formula is C45H45N3O10S. The van der Waals surface area contributed by atoms with Gasteiger partial charge in [-0.05, 0) is 90.3 Å². The molecule has 0 saturated carbocycles. The highest BCUT2D eigenvalue weighted by atomic mass is 32.1. The van der Waals surface area contributed by atoms with Crippen molar-refractivity contribution < 1.29 is 47.6 Å². The Morgan fingerprint density at radius 2 is 1.29 bits per heavy atom. The van der Waals surface area contributed by atoms with Crippen LogP contribution in [0.25, 0.3) is 10.2 Å². The number of ether oxygens (including phenoxy) is 6. The molecule has 4 aromatic carbocycles. The number of hydrogen-bond acceptors (Lipinski definition) is 14. The van der Waals surface area contributed by atoms with Gasteiger partial charge in [-0.25, -0.2) is 24.2 Å². The van der Waals surface area contributed by atoms with Gasteiger partial charge in [0, 0.05) is 37.0 Å². The van der Waals surface area contributed by atoms with Crippen LogP contribution in [0.1, 0.15) is 63.6 Å². The molecule has 1 aromatic heterocycles. The maximum atomic E-state index is 13.3. The molecule has 1 heterocycles. The third-order valence-electron chi connectivity index (χ3n) is 8.37. The number of fused-ring (bicyclic) bond motifs is 1. The minimum Gasteiger partial charge on any atom is -0.493 e. The van der Waals surface area contributed by atoms with Crippen molar-refractivity contribution in [3.05, 3.63) is 138 Å². The van der Waals surface area contributed by atoms with Crippen LogP contribution >= 0.6 is 11.3 Å². The van der Waals surface area contributed by atoms with Gasteiger partial charge in [0.15, 0.2) is 0 Å². The predicted molar refractivity (Wildman–Crippen MR) is 226 cm³/mol. The van der Waals surface area contributed by atoms with Crippen molar-refractivity contribution in [3.63, 3.8) is 0 Å². The summed E-state index contributed by atoms with van der Waals surface area (Å²) in [6, 6.07) is 24.6. The molecule has 306 valence electrons. The number of aryl methyl sites for hydroxylation is 1. The van der Waals surface area contributed by atoms with Crippen LogP contribution in [0.15, 0.2) is 115 Å². The van der Waals surface area contributed by atoms with Crippen molar-refractivity contribution in [2.24, 2.45) is 5.10 Å². The molecule has 5 aromatic rings. The average molecular weight is 820 g/mol. The Morgan fingerprint density at radius 1 is 0.695 bits per heavy atom. The van der Waals surface area contributed by atoms with Crippen molar-refractivity contribution >= 4 is 56.8 Å². The molecule has 0 fully saturated rings. The number of anilines is 1. The second-order valence-electron chi connectivity index (χ2n) is 12.8. The predicted octanol–water partition coefficient (Wildman–Crippen LogP) is 8.31. The number of esters is 4. The molecule has 0 aliphatic rings. The summed E-state index contributed by atoms with van der Waals surface area (Å²) in [6.45, 7) is 10.0. The van der Waals surface area contributed by atoms with Gasteiger partial charge in [-0.2, -0.15) is 5.10 Å². The van der Waals surface area contributed by atoms with Crippen LogP contribution in [0, 0.1) is 0 Å². The number of benzene rings is 4. The maximum Gasteiger partial charge on any atom is 0.343 e. The van der Waals surface area contributed by atoms with Crippen molar-refractivity contribution in [1.29, 1.82) is 0 Å². The lowest BCUT2D eigenvalue weighted by Gasteiger charge is -2.11. The van der Waals surface area contributed by atoms with E-state index in [1.54, 1.807) is 66.9 Å². The first-order valence-electron chi connectivity index (χ1n) is 19.0. The van der Waals surface area contributed by atoms with Crippen molar-refractivity contribution in [1.82, 2.24) is 4.98 Å². The summed E-state index contributed by atoms with van der Waals surface area (Å²) < 4.78 is 33.6. The second kappa shape index (κ2) is 22.8. The first-order valence-corrected chi connectivity index (χ1v) is 19.8. The maximum absolute atomic E-state index is 13.3. The van der Waals surface area contributed by atoms with E-state index in [1.165, 1.54) is 16.9 Å². The summed E-state index contributed by atoms with van der Waals surface area (Å²) in [5.74, 6) is -0.682. The normalized spacial score (nSPS) is 10.8. The van der Waals surface area contributed by atoms with Crippen molar-refractivity contribution in [2.45, 2.75) is 39.0 Å². The molecule has 1 N–H and O–H groups in total. The van der Waals surface area contributed by atoms with Gasteiger partial charge in [-0.3, -0.25) is 5.43 Å². The molecule has 0 radical (unpaired) electrons. The fourth-order valence-corrected chi connectivity index (χ4v) is 6.20. The Kier molecular flexibility index (Phi) is 16.8. The van der Waals surface area contributed by atoms with E-state index < -0.39 is 23.9 Å². The molecule has 0 saturated heterocycles. The zero-order valence-corrected chi connectivity index (χ0v) is 33.5. The van der Waals surface area contributed by atoms with Gasteiger partial charge >= 0.3 is 23.9 Å². The molecule has 0 amide bonds. The third kappa shape index (κ3) is 14.0. The Balaban J connectivity index is 1.20.